The van der Waals surface area contributed by atoms with E-state index in [-0.39, 0.29) is 19.8 Å². The van der Waals surface area contributed by atoms with Crippen LogP contribution in [0.2, 0.25) is 0 Å². The number of carbonyl (C=O) groups excluding carboxylic acids is 1. The molecule has 0 aromatic carbocycles. The number of carbonyl (C=O) groups is 1. The molecule has 0 aliphatic heterocycles. The van der Waals surface area contributed by atoms with E-state index in [9.17, 15) is 4.79 Å². The molecule has 14 heavy (non-hydrogen) atoms. The molecule has 0 radical (unpaired) electrons. The van der Waals surface area contributed by atoms with Gasteiger partial charge in [0.1, 0.15) is 6.61 Å². The van der Waals surface area contributed by atoms with Gasteiger partial charge in [-0.1, -0.05) is 13.0 Å². The van der Waals surface area contributed by atoms with Crippen LogP contribution in [-0.2, 0) is 9.53 Å². The molecule has 0 rings (SSSR count). The van der Waals surface area contributed by atoms with Crippen LogP contribution >= 0.6 is 0 Å². The number of rotatable bonds is 6. The summed E-state index contributed by atoms with van der Waals surface area (Å²) in [5.74, 6) is -0.452. The Morgan fingerprint density at radius 3 is 2.36 bits per heavy atom. The van der Waals surface area contributed by atoms with Crippen LogP contribution in [0, 0.1) is 5.41 Å². The number of aliphatic hydroxyl groups excluding tert-OH is 2. The van der Waals surface area contributed by atoms with Gasteiger partial charge >= 0.3 is 5.97 Å². The summed E-state index contributed by atoms with van der Waals surface area (Å²) in [7, 11) is 0. The first-order valence-electron chi connectivity index (χ1n) is 4.65. The largest absolute Gasteiger partial charge is 0.462 e. The summed E-state index contributed by atoms with van der Waals surface area (Å²) in [5, 5.41) is 18.1. The molecule has 0 bridgehead atoms. The molecule has 0 amide bonds. The van der Waals surface area contributed by atoms with Gasteiger partial charge in [-0.25, -0.2) is 4.79 Å². The van der Waals surface area contributed by atoms with Gasteiger partial charge in [-0.05, 0) is 13.3 Å². The minimum atomic E-state index is -0.711. The highest BCUT2D eigenvalue weighted by atomic mass is 16.5. The van der Waals surface area contributed by atoms with E-state index in [4.69, 9.17) is 14.9 Å². The van der Waals surface area contributed by atoms with Crippen LogP contribution in [0.1, 0.15) is 20.3 Å². The fourth-order valence-corrected chi connectivity index (χ4v) is 0.875. The highest BCUT2D eigenvalue weighted by molar-refractivity contribution is 5.81. The van der Waals surface area contributed by atoms with Crippen molar-refractivity contribution in [3.8, 4) is 0 Å². The summed E-state index contributed by atoms with van der Waals surface area (Å²) >= 11 is 0. The van der Waals surface area contributed by atoms with Crippen LogP contribution in [0.15, 0.2) is 12.2 Å². The summed E-state index contributed by atoms with van der Waals surface area (Å²) in [4.78, 5) is 11.0. The highest BCUT2D eigenvalue weighted by Gasteiger charge is 2.28. The Morgan fingerprint density at radius 1 is 1.43 bits per heavy atom. The van der Waals surface area contributed by atoms with Crippen molar-refractivity contribution in [3.05, 3.63) is 12.2 Å². The summed E-state index contributed by atoms with van der Waals surface area (Å²) in [6.45, 7) is 3.20. The first kappa shape index (κ1) is 13.1. The fourth-order valence-electron chi connectivity index (χ4n) is 0.875. The zero-order valence-electron chi connectivity index (χ0n) is 8.69. The lowest BCUT2D eigenvalue weighted by molar-refractivity contribution is -0.143. The number of esters is 1. The average molecular weight is 202 g/mol. The quantitative estimate of drug-likeness (QED) is 0.486. The van der Waals surface area contributed by atoms with E-state index in [1.54, 1.807) is 13.0 Å². The van der Waals surface area contributed by atoms with Gasteiger partial charge in [0.25, 0.3) is 0 Å². The SMILES string of the molecule is CC=CC(=O)OCC(CC)(CO)CO. The molecule has 2 N–H and O–H groups in total. The number of hydrogen-bond acceptors (Lipinski definition) is 4. The predicted octanol–water partition coefficient (Wildman–Crippen LogP) is 0.487. The van der Waals surface area contributed by atoms with Crippen molar-refractivity contribution < 1.29 is 19.7 Å². The van der Waals surface area contributed by atoms with Crippen LogP contribution in [0.3, 0.4) is 0 Å². The monoisotopic (exact) mass is 202 g/mol. The molecule has 0 aliphatic carbocycles. The lowest BCUT2D eigenvalue weighted by atomic mass is 9.88. The van der Waals surface area contributed by atoms with E-state index in [2.05, 4.69) is 0 Å². The normalized spacial score (nSPS) is 12.0. The van der Waals surface area contributed by atoms with Gasteiger partial charge in [0, 0.05) is 6.08 Å². The van der Waals surface area contributed by atoms with E-state index in [0.29, 0.717) is 6.42 Å². The predicted molar refractivity (Wildman–Crippen MR) is 52.7 cm³/mol. The number of hydrogen-bond donors (Lipinski definition) is 2. The molecule has 0 aromatic rings. The average Bonchev–Trinajstić information content (AvgIpc) is 2.21. The van der Waals surface area contributed by atoms with Gasteiger partial charge in [-0.2, -0.15) is 0 Å². The molecule has 0 spiro atoms. The van der Waals surface area contributed by atoms with Crippen molar-refractivity contribution in [3.63, 3.8) is 0 Å². The first-order chi connectivity index (χ1) is 6.64. The van der Waals surface area contributed by atoms with Crippen LogP contribution in [0.5, 0.6) is 0 Å². The maximum absolute atomic E-state index is 11.0. The maximum atomic E-state index is 11.0. The standard InChI is InChI=1S/C10H18O4/c1-3-5-9(13)14-8-10(4-2,6-11)7-12/h3,5,11-12H,4,6-8H2,1-2H3. The third kappa shape index (κ3) is 3.89. The van der Waals surface area contributed by atoms with Crippen molar-refractivity contribution in [2.45, 2.75) is 20.3 Å². The molecule has 82 valence electrons. The summed E-state index contributed by atoms with van der Waals surface area (Å²) < 4.78 is 4.87. The minimum Gasteiger partial charge on any atom is -0.462 e. The van der Waals surface area contributed by atoms with Gasteiger partial charge in [-0.3, -0.25) is 0 Å². The molecular formula is C10H18O4. The molecule has 0 aliphatic rings. The highest BCUT2D eigenvalue weighted by Crippen LogP contribution is 2.20. The molecular weight excluding hydrogens is 184 g/mol. The Labute approximate surface area is 84.2 Å². The van der Waals surface area contributed by atoms with Crippen LogP contribution < -0.4 is 0 Å². The molecule has 4 heteroatoms. The van der Waals surface area contributed by atoms with Gasteiger partial charge < -0.3 is 14.9 Å². The number of ether oxygens (including phenoxy) is 1. The maximum Gasteiger partial charge on any atom is 0.330 e. The van der Waals surface area contributed by atoms with Crippen LogP contribution in [0.4, 0.5) is 0 Å². The topological polar surface area (TPSA) is 66.8 Å². The Morgan fingerprint density at radius 2 is 2.00 bits per heavy atom. The smallest absolute Gasteiger partial charge is 0.330 e. The molecule has 0 unspecified atom stereocenters. The molecule has 0 atom stereocenters. The second-order valence-electron chi connectivity index (χ2n) is 3.28. The van der Waals surface area contributed by atoms with Crippen molar-refractivity contribution in [1.82, 2.24) is 0 Å². The fraction of sp³-hybridized carbons (Fsp3) is 0.700. The van der Waals surface area contributed by atoms with Crippen molar-refractivity contribution in [2.75, 3.05) is 19.8 Å². The summed E-state index contributed by atoms with van der Waals surface area (Å²) in [6.07, 6.45) is 3.44. The molecule has 4 nitrogen and oxygen atoms in total. The van der Waals surface area contributed by atoms with Crippen LogP contribution in [0.25, 0.3) is 0 Å². The molecule has 0 saturated carbocycles. The van der Waals surface area contributed by atoms with Gasteiger partial charge in [0.15, 0.2) is 0 Å². The first-order valence-corrected chi connectivity index (χ1v) is 4.65. The lowest BCUT2D eigenvalue weighted by Crippen LogP contribution is -2.35. The Kier molecular flexibility index (Phi) is 6.16. The Balaban J connectivity index is 4.12. The minimum absolute atomic E-state index is 0.0413. The Hall–Kier alpha value is -0.870. The number of aliphatic hydroxyl groups is 2. The van der Waals surface area contributed by atoms with Crippen molar-refractivity contribution in [2.24, 2.45) is 5.41 Å². The second kappa shape index (κ2) is 6.56. The second-order valence-corrected chi connectivity index (χ2v) is 3.28. The van der Waals surface area contributed by atoms with E-state index in [1.807, 2.05) is 6.92 Å². The summed E-state index contributed by atoms with van der Waals surface area (Å²) in [5.41, 5.74) is -0.711. The molecule has 0 aromatic heterocycles. The third-order valence-electron chi connectivity index (χ3n) is 2.24. The lowest BCUT2D eigenvalue weighted by Gasteiger charge is -2.27. The van der Waals surface area contributed by atoms with Gasteiger partial charge in [-0.15, -0.1) is 0 Å². The number of allylic oxidation sites excluding steroid dienone is 1. The Bertz CT molecular complexity index is 186. The molecule has 0 fully saturated rings. The third-order valence-corrected chi connectivity index (χ3v) is 2.24. The van der Waals surface area contributed by atoms with E-state index >= 15 is 0 Å². The zero-order chi connectivity index (χ0) is 11.0. The molecule has 0 heterocycles. The van der Waals surface area contributed by atoms with Crippen molar-refractivity contribution in [1.29, 1.82) is 0 Å². The van der Waals surface area contributed by atoms with E-state index in [1.165, 1.54) is 6.08 Å². The van der Waals surface area contributed by atoms with Crippen molar-refractivity contribution >= 4 is 5.97 Å². The van der Waals surface area contributed by atoms with Gasteiger partial charge in [0.05, 0.1) is 18.6 Å². The summed E-state index contributed by atoms with van der Waals surface area (Å²) in [6, 6.07) is 0. The van der Waals surface area contributed by atoms with E-state index < -0.39 is 11.4 Å². The van der Waals surface area contributed by atoms with Gasteiger partial charge in [0.2, 0.25) is 0 Å². The zero-order valence-corrected chi connectivity index (χ0v) is 8.69. The molecule has 0 saturated heterocycles. The van der Waals surface area contributed by atoms with Crippen LogP contribution in [-0.4, -0.2) is 36.0 Å². The van der Waals surface area contributed by atoms with E-state index in [0.717, 1.165) is 0 Å².